The van der Waals surface area contributed by atoms with Crippen LogP contribution in [0.2, 0.25) is 0 Å². The van der Waals surface area contributed by atoms with Crippen molar-refractivity contribution in [3.05, 3.63) is 82.7 Å². The molecule has 0 atom stereocenters. The first-order valence-electron chi connectivity index (χ1n) is 9.98. The number of anilines is 3. The zero-order chi connectivity index (χ0) is 21.1. The molecule has 0 fully saturated rings. The zero-order valence-corrected chi connectivity index (χ0v) is 17.8. The predicted molar refractivity (Wildman–Crippen MR) is 124 cm³/mol. The molecule has 1 aliphatic heterocycles. The van der Waals surface area contributed by atoms with Gasteiger partial charge in [-0.05, 0) is 61.7 Å². The zero-order valence-electron chi connectivity index (χ0n) is 17.0. The van der Waals surface area contributed by atoms with Gasteiger partial charge < -0.3 is 10.2 Å². The minimum atomic E-state index is -0.345. The van der Waals surface area contributed by atoms with Gasteiger partial charge >= 0.3 is 0 Å². The monoisotopic (exact) mass is 417 g/mol. The molecule has 2 heterocycles. The Morgan fingerprint density at radius 3 is 2.17 bits per heavy atom. The molecule has 1 N–H and O–H groups in total. The van der Waals surface area contributed by atoms with Crippen LogP contribution >= 0.6 is 11.3 Å². The van der Waals surface area contributed by atoms with Crippen molar-refractivity contribution in [2.75, 3.05) is 28.2 Å². The number of para-hydroxylation sites is 1. The average molecular weight is 418 g/mol. The van der Waals surface area contributed by atoms with Crippen molar-refractivity contribution < 1.29 is 9.59 Å². The standard InChI is InChI=1S/C24H23N3O2S/c1-3-26(4-2)18-14-12-17(13-15-18)25-22-21(20-11-8-16-30-20)23(28)27(24(22)29)19-9-6-5-7-10-19/h5-16,25H,3-4H2,1-2H3. The largest absolute Gasteiger partial charge is 0.372 e. The van der Waals surface area contributed by atoms with Crippen LogP contribution in [0.4, 0.5) is 17.1 Å². The van der Waals surface area contributed by atoms with Crippen LogP contribution in [0.15, 0.2) is 77.8 Å². The Balaban J connectivity index is 1.70. The van der Waals surface area contributed by atoms with Gasteiger partial charge in [-0.3, -0.25) is 9.59 Å². The van der Waals surface area contributed by atoms with E-state index in [0.717, 1.165) is 29.3 Å². The molecule has 3 aromatic rings. The highest BCUT2D eigenvalue weighted by atomic mass is 32.1. The van der Waals surface area contributed by atoms with Crippen molar-refractivity contribution in [2.24, 2.45) is 0 Å². The third kappa shape index (κ3) is 3.62. The lowest BCUT2D eigenvalue weighted by Gasteiger charge is -2.21. The molecule has 0 bridgehead atoms. The Kier molecular flexibility index (Phi) is 5.68. The Bertz CT molecular complexity index is 1070. The van der Waals surface area contributed by atoms with Crippen molar-refractivity contribution in [2.45, 2.75) is 13.8 Å². The molecule has 1 aromatic heterocycles. The van der Waals surface area contributed by atoms with E-state index in [1.54, 1.807) is 12.1 Å². The minimum absolute atomic E-state index is 0.307. The van der Waals surface area contributed by atoms with E-state index >= 15 is 0 Å². The van der Waals surface area contributed by atoms with Crippen LogP contribution in [0.3, 0.4) is 0 Å². The van der Waals surface area contributed by atoms with Gasteiger partial charge in [0.05, 0.1) is 11.3 Å². The minimum Gasteiger partial charge on any atom is -0.372 e. The molecule has 0 saturated carbocycles. The summed E-state index contributed by atoms with van der Waals surface area (Å²) in [5, 5.41) is 5.12. The summed E-state index contributed by atoms with van der Waals surface area (Å²) in [4.78, 5) is 30.8. The van der Waals surface area contributed by atoms with E-state index in [2.05, 4.69) is 24.1 Å². The summed E-state index contributed by atoms with van der Waals surface area (Å²) in [5.74, 6) is -0.654. The topological polar surface area (TPSA) is 52.7 Å². The third-order valence-electron chi connectivity index (χ3n) is 5.13. The van der Waals surface area contributed by atoms with Gasteiger partial charge in [0.15, 0.2) is 0 Å². The number of amides is 2. The quantitative estimate of drug-likeness (QED) is 0.550. The summed E-state index contributed by atoms with van der Waals surface area (Å²) in [7, 11) is 0. The first-order valence-corrected chi connectivity index (χ1v) is 10.9. The number of imide groups is 1. The maximum Gasteiger partial charge on any atom is 0.282 e. The van der Waals surface area contributed by atoms with Gasteiger partial charge in [-0.15, -0.1) is 11.3 Å². The van der Waals surface area contributed by atoms with E-state index in [0.29, 0.717) is 17.0 Å². The van der Waals surface area contributed by atoms with Gasteiger partial charge in [-0.2, -0.15) is 0 Å². The second kappa shape index (κ2) is 8.55. The van der Waals surface area contributed by atoms with Crippen LogP contribution < -0.4 is 15.1 Å². The SMILES string of the molecule is CCN(CC)c1ccc(NC2=C(c3cccs3)C(=O)N(c3ccccc3)C2=O)cc1. The van der Waals surface area contributed by atoms with Crippen LogP contribution in [0.25, 0.3) is 5.57 Å². The predicted octanol–water partition coefficient (Wildman–Crippen LogP) is 4.99. The lowest BCUT2D eigenvalue weighted by Crippen LogP contribution is -2.32. The van der Waals surface area contributed by atoms with Crippen molar-refractivity contribution in [3.63, 3.8) is 0 Å². The summed E-state index contributed by atoms with van der Waals surface area (Å²) < 4.78 is 0. The smallest absolute Gasteiger partial charge is 0.282 e. The summed E-state index contributed by atoms with van der Waals surface area (Å²) in [6.07, 6.45) is 0. The van der Waals surface area contributed by atoms with Gasteiger partial charge in [0.25, 0.3) is 11.8 Å². The second-order valence-corrected chi connectivity index (χ2v) is 7.80. The summed E-state index contributed by atoms with van der Waals surface area (Å²) >= 11 is 1.45. The van der Waals surface area contributed by atoms with Gasteiger partial charge in [-0.25, -0.2) is 4.90 Å². The van der Waals surface area contributed by atoms with E-state index in [4.69, 9.17) is 0 Å². The Morgan fingerprint density at radius 2 is 1.57 bits per heavy atom. The molecule has 5 nitrogen and oxygen atoms in total. The number of hydrogen-bond donors (Lipinski definition) is 1. The van der Waals surface area contributed by atoms with Crippen molar-refractivity contribution in [1.29, 1.82) is 0 Å². The Labute approximate surface area is 180 Å². The summed E-state index contributed by atoms with van der Waals surface area (Å²) in [5.41, 5.74) is 3.17. The highest BCUT2D eigenvalue weighted by Gasteiger charge is 2.40. The Hall–Kier alpha value is -3.38. The molecular formula is C24H23N3O2S. The molecule has 2 amide bonds. The van der Waals surface area contributed by atoms with Crippen LogP contribution in [0.5, 0.6) is 0 Å². The van der Waals surface area contributed by atoms with Crippen molar-refractivity contribution in [1.82, 2.24) is 0 Å². The number of benzene rings is 2. The molecule has 0 radical (unpaired) electrons. The number of carbonyl (C=O) groups excluding carboxylic acids is 2. The fourth-order valence-corrected chi connectivity index (χ4v) is 4.36. The van der Waals surface area contributed by atoms with E-state index < -0.39 is 0 Å². The number of thiophene rings is 1. The molecule has 0 aliphatic carbocycles. The van der Waals surface area contributed by atoms with Crippen LogP contribution in [0, 0.1) is 0 Å². The number of rotatable bonds is 7. The number of hydrogen-bond acceptors (Lipinski definition) is 5. The maximum absolute atomic E-state index is 13.3. The van der Waals surface area contributed by atoms with Crippen molar-refractivity contribution in [3.8, 4) is 0 Å². The number of nitrogens with one attached hydrogen (secondary N) is 1. The molecule has 0 saturated heterocycles. The van der Waals surface area contributed by atoms with Gasteiger partial charge in [0.1, 0.15) is 5.70 Å². The van der Waals surface area contributed by atoms with Crippen LogP contribution in [-0.2, 0) is 9.59 Å². The molecular weight excluding hydrogens is 394 g/mol. The highest BCUT2D eigenvalue weighted by Crippen LogP contribution is 2.35. The average Bonchev–Trinajstić information content (AvgIpc) is 3.37. The fourth-order valence-electron chi connectivity index (χ4n) is 3.60. The van der Waals surface area contributed by atoms with E-state index in [1.165, 1.54) is 16.2 Å². The molecule has 30 heavy (non-hydrogen) atoms. The second-order valence-electron chi connectivity index (χ2n) is 6.85. The van der Waals surface area contributed by atoms with Gasteiger partial charge in [-0.1, -0.05) is 24.3 Å². The molecule has 0 unspecified atom stereocenters. The first-order chi connectivity index (χ1) is 14.6. The number of carbonyl (C=O) groups is 2. The molecule has 2 aromatic carbocycles. The fraction of sp³-hybridized carbons (Fsp3) is 0.167. The van der Waals surface area contributed by atoms with Gasteiger partial charge in [0.2, 0.25) is 0 Å². The van der Waals surface area contributed by atoms with E-state index in [-0.39, 0.29) is 11.8 Å². The Morgan fingerprint density at radius 1 is 0.867 bits per heavy atom. The van der Waals surface area contributed by atoms with Gasteiger partial charge in [0, 0.05) is 29.3 Å². The molecule has 0 spiro atoms. The molecule has 4 rings (SSSR count). The van der Waals surface area contributed by atoms with E-state index in [1.807, 2.05) is 60.0 Å². The van der Waals surface area contributed by atoms with Crippen molar-refractivity contribution >= 4 is 45.8 Å². The van der Waals surface area contributed by atoms with Crippen LogP contribution in [0.1, 0.15) is 18.7 Å². The number of nitrogens with zero attached hydrogens (tertiary/aromatic N) is 2. The lowest BCUT2D eigenvalue weighted by atomic mass is 10.1. The highest BCUT2D eigenvalue weighted by molar-refractivity contribution is 7.11. The maximum atomic E-state index is 13.3. The molecule has 6 heteroatoms. The first kappa shape index (κ1) is 19.9. The summed E-state index contributed by atoms with van der Waals surface area (Å²) in [6, 6.07) is 20.7. The van der Waals surface area contributed by atoms with E-state index in [9.17, 15) is 9.59 Å². The lowest BCUT2D eigenvalue weighted by molar-refractivity contribution is -0.120. The third-order valence-corrected chi connectivity index (χ3v) is 6.02. The molecule has 1 aliphatic rings. The molecule has 152 valence electrons. The van der Waals surface area contributed by atoms with Crippen LogP contribution in [-0.4, -0.2) is 24.9 Å². The normalized spacial score (nSPS) is 13.9. The summed E-state index contributed by atoms with van der Waals surface area (Å²) in [6.45, 7) is 6.09.